The van der Waals surface area contributed by atoms with Crippen LogP contribution in [-0.2, 0) is 0 Å². The Hall–Kier alpha value is -2.26. The normalized spacial score (nSPS) is 11.0. The van der Waals surface area contributed by atoms with E-state index in [0.29, 0.717) is 32.9 Å². The van der Waals surface area contributed by atoms with Gasteiger partial charge in [-0.1, -0.05) is 23.7 Å². The van der Waals surface area contributed by atoms with Crippen molar-refractivity contribution in [3.05, 3.63) is 63.0 Å². The molecule has 0 radical (unpaired) electrons. The van der Waals surface area contributed by atoms with Gasteiger partial charge in [-0.05, 0) is 49.2 Å². The maximum absolute atomic E-state index is 12.7. The molecule has 1 N–H and O–H groups in total. The van der Waals surface area contributed by atoms with Gasteiger partial charge in [-0.2, -0.15) is 0 Å². The van der Waals surface area contributed by atoms with Gasteiger partial charge in [0.25, 0.3) is 0 Å². The number of fused-ring (bicyclic) bond motifs is 1. The Morgan fingerprint density at radius 3 is 2.43 bits per heavy atom. The molecule has 0 fully saturated rings. The van der Waals surface area contributed by atoms with E-state index in [1.807, 2.05) is 0 Å². The fourth-order valence-corrected chi connectivity index (χ4v) is 2.52. The Bertz CT molecular complexity index is 893. The summed E-state index contributed by atoms with van der Waals surface area (Å²) >= 11 is 5.88. The Labute approximate surface area is 126 Å². The number of hydrogen-bond acceptors (Lipinski definition) is 3. The van der Waals surface area contributed by atoms with Gasteiger partial charge in [0.05, 0.1) is 10.9 Å². The molecule has 1 aromatic heterocycles. The number of aryl methyl sites for hydroxylation is 2. The van der Waals surface area contributed by atoms with Crippen LogP contribution >= 0.6 is 11.6 Å². The topological polar surface area (TPSA) is 50.4 Å². The molecule has 3 aromatic rings. The largest absolute Gasteiger partial charge is 0.508 e. The summed E-state index contributed by atoms with van der Waals surface area (Å²) in [6.45, 7) is 3.52. The smallest absolute Gasteiger partial charge is 0.200 e. The summed E-state index contributed by atoms with van der Waals surface area (Å²) in [6.07, 6.45) is 0. The Morgan fingerprint density at radius 1 is 1.10 bits per heavy atom. The molecule has 106 valence electrons. The van der Waals surface area contributed by atoms with E-state index in [1.54, 1.807) is 44.2 Å². The van der Waals surface area contributed by atoms with E-state index in [-0.39, 0.29) is 11.2 Å². The molecule has 0 aliphatic carbocycles. The maximum atomic E-state index is 12.7. The average molecular weight is 301 g/mol. The molecule has 3 rings (SSSR count). The third kappa shape index (κ3) is 2.30. The number of hydrogen-bond donors (Lipinski definition) is 1. The lowest BCUT2D eigenvalue weighted by atomic mass is 10.0. The quantitative estimate of drug-likeness (QED) is 0.723. The van der Waals surface area contributed by atoms with Crippen molar-refractivity contribution >= 4 is 22.6 Å². The highest BCUT2D eigenvalue weighted by molar-refractivity contribution is 6.30. The second kappa shape index (κ2) is 4.93. The number of phenols is 1. The summed E-state index contributed by atoms with van der Waals surface area (Å²) in [5, 5.41) is 10.8. The summed E-state index contributed by atoms with van der Waals surface area (Å²) in [5.74, 6) is 0.626. The second-order valence-electron chi connectivity index (χ2n) is 5.00. The number of aromatic hydroxyl groups is 1. The van der Waals surface area contributed by atoms with Crippen molar-refractivity contribution in [1.29, 1.82) is 0 Å². The number of phenolic OH excluding ortho intramolecular Hbond substituents is 1. The first-order valence-electron chi connectivity index (χ1n) is 6.50. The number of rotatable bonds is 1. The lowest BCUT2D eigenvalue weighted by Crippen LogP contribution is -2.07. The van der Waals surface area contributed by atoms with E-state index in [2.05, 4.69) is 0 Å². The predicted molar refractivity (Wildman–Crippen MR) is 84.1 cm³/mol. The standard InChI is InChI=1S/C17H13ClO3/c1-9-7-15-13(8-14(9)19)17(20)16(10(2)21-15)11-3-5-12(18)6-4-11/h3-8,19H,1-2H3. The third-order valence-electron chi connectivity index (χ3n) is 3.52. The summed E-state index contributed by atoms with van der Waals surface area (Å²) in [4.78, 5) is 12.7. The molecule has 0 saturated carbocycles. The molecule has 0 saturated heterocycles. The summed E-state index contributed by atoms with van der Waals surface area (Å²) in [7, 11) is 0. The van der Waals surface area contributed by atoms with Crippen LogP contribution in [0.1, 0.15) is 11.3 Å². The third-order valence-corrected chi connectivity index (χ3v) is 3.77. The van der Waals surface area contributed by atoms with E-state index in [0.717, 1.165) is 5.56 Å². The van der Waals surface area contributed by atoms with Crippen LogP contribution in [0.2, 0.25) is 5.02 Å². The van der Waals surface area contributed by atoms with Crippen LogP contribution in [0.5, 0.6) is 5.75 Å². The molecule has 0 aliphatic heterocycles. The molecule has 2 aromatic carbocycles. The minimum atomic E-state index is -0.161. The van der Waals surface area contributed by atoms with Crippen molar-refractivity contribution < 1.29 is 9.52 Å². The van der Waals surface area contributed by atoms with Crippen LogP contribution in [-0.4, -0.2) is 5.11 Å². The van der Waals surface area contributed by atoms with Gasteiger partial charge in [0.15, 0.2) is 0 Å². The highest BCUT2D eigenvalue weighted by atomic mass is 35.5. The molecule has 0 spiro atoms. The zero-order valence-electron chi connectivity index (χ0n) is 11.6. The van der Waals surface area contributed by atoms with Crippen LogP contribution in [0, 0.1) is 13.8 Å². The van der Waals surface area contributed by atoms with Gasteiger partial charge < -0.3 is 9.52 Å². The molecule has 1 heterocycles. The first kappa shape index (κ1) is 13.7. The van der Waals surface area contributed by atoms with Gasteiger partial charge in [-0.3, -0.25) is 4.79 Å². The molecule has 4 heteroatoms. The van der Waals surface area contributed by atoms with Crippen molar-refractivity contribution in [1.82, 2.24) is 0 Å². The lowest BCUT2D eigenvalue weighted by Gasteiger charge is -2.08. The van der Waals surface area contributed by atoms with E-state index in [1.165, 1.54) is 6.07 Å². The fraction of sp³-hybridized carbons (Fsp3) is 0.118. The van der Waals surface area contributed by atoms with E-state index in [4.69, 9.17) is 16.0 Å². The first-order chi connectivity index (χ1) is 9.97. The SMILES string of the molecule is Cc1cc2oc(C)c(-c3ccc(Cl)cc3)c(=O)c2cc1O. The van der Waals surface area contributed by atoms with Gasteiger partial charge in [0, 0.05) is 5.02 Å². The summed E-state index contributed by atoms with van der Waals surface area (Å²) < 4.78 is 5.75. The molecule has 3 nitrogen and oxygen atoms in total. The van der Waals surface area contributed by atoms with Gasteiger partial charge in [-0.25, -0.2) is 0 Å². The fourth-order valence-electron chi connectivity index (χ4n) is 2.39. The average Bonchev–Trinajstić information content (AvgIpc) is 2.43. The van der Waals surface area contributed by atoms with Gasteiger partial charge in [-0.15, -0.1) is 0 Å². The van der Waals surface area contributed by atoms with E-state index in [9.17, 15) is 9.90 Å². The Morgan fingerprint density at radius 2 is 1.76 bits per heavy atom. The van der Waals surface area contributed by atoms with Gasteiger partial charge in [0.1, 0.15) is 17.1 Å². The van der Waals surface area contributed by atoms with Crippen LogP contribution in [0.3, 0.4) is 0 Å². The van der Waals surface area contributed by atoms with E-state index >= 15 is 0 Å². The van der Waals surface area contributed by atoms with Crippen LogP contribution in [0.25, 0.3) is 22.1 Å². The van der Waals surface area contributed by atoms with Crippen molar-refractivity contribution in [2.75, 3.05) is 0 Å². The monoisotopic (exact) mass is 300 g/mol. The van der Waals surface area contributed by atoms with Crippen LogP contribution < -0.4 is 5.43 Å². The Balaban J connectivity index is 2.36. The minimum absolute atomic E-state index is 0.0840. The summed E-state index contributed by atoms with van der Waals surface area (Å²) in [5.41, 5.74) is 2.22. The Kier molecular flexibility index (Phi) is 3.22. The minimum Gasteiger partial charge on any atom is -0.508 e. The summed E-state index contributed by atoms with van der Waals surface area (Å²) in [6, 6.07) is 10.1. The molecule has 0 amide bonds. The highest BCUT2D eigenvalue weighted by Crippen LogP contribution is 2.28. The molecule has 0 bridgehead atoms. The molecular formula is C17H13ClO3. The molecule has 0 unspecified atom stereocenters. The molecule has 0 atom stereocenters. The lowest BCUT2D eigenvalue weighted by molar-refractivity contribution is 0.471. The van der Waals surface area contributed by atoms with E-state index < -0.39 is 0 Å². The maximum Gasteiger partial charge on any atom is 0.200 e. The van der Waals surface area contributed by atoms with Crippen LogP contribution in [0.15, 0.2) is 45.6 Å². The predicted octanol–water partition coefficient (Wildman–Crippen LogP) is 4.44. The van der Waals surface area contributed by atoms with Gasteiger partial charge in [0.2, 0.25) is 5.43 Å². The zero-order valence-corrected chi connectivity index (χ0v) is 12.4. The highest BCUT2D eigenvalue weighted by Gasteiger charge is 2.14. The molecular weight excluding hydrogens is 288 g/mol. The molecule has 0 aliphatic rings. The number of halogens is 1. The first-order valence-corrected chi connectivity index (χ1v) is 6.88. The van der Waals surface area contributed by atoms with Crippen molar-refractivity contribution in [3.63, 3.8) is 0 Å². The molecule has 21 heavy (non-hydrogen) atoms. The van der Waals surface area contributed by atoms with Crippen molar-refractivity contribution in [3.8, 4) is 16.9 Å². The van der Waals surface area contributed by atoms with Crippen LogP contribution in [0.4, 0.5) is 0 Å². The number of benzene rings is 2. The second-order valence-corrected chi connectivity index (χ2v) is 5.44. The van der Waals surface area contributed by atoms with Gasteiger partial charge >= 0.3 is 0 Å². The van der Waals surface area contributed by atoms with Crippen molar-refractivity contribution in [2.24, 2.45) is 0 Å². The van der Waals surface area contributed by atoms with Crippen molar-refractivity contribution in [2.45, 2.75) is 13.8 Å². The zero-order chi connectivity index (χ0) is 15.1.